The highest BCUT2D eigenvalue weighted by Gasteiger charge is 2.04. The molecule has 1 N–H and O–H groups in total. The third-order valence-corrected chi connectivity index (χ3v) is 3.51. The van der Waals surface area contributed by atoms with Gasteiger partial charge in [-0.1, -0.05) is 37.3 Å². The Bertz CT molecular complexity index is 491. The average molecular weight is 270 g/mol. The molecule has 0 saturated carbocycles. The van der Waals surface area contributed by atoms with Crippen molar-refractivity contribution in [3.63, 3.8) is 0 Å². The van der Waals surface area contributed by atoms with E-state index in [1.54, 1.807) is 24.3 Å². The van der Waals surface area contributed by atoms with Crippen molar-refractivity contribution in [1.29, 1.82) is 0 Å². The van der Waals surface area contributed by atoms with E-state index < -0.39 is 0 Å². The van der Waals surface area contributed by atoms with Gasteiger partial charge in [-0.15, -0.1) is 0 Å². The Balaban J connectivity index is 1.63. The summed E-state index contributed by atoms with van der Waals surface area (Å²) in [6, 6.07) is 17.5. The summed E-state index contributed by atoms with van der Waals surface area (Å²) in [6.07, 6.45) is 3.40. The number of ether oxygens (including phenoxy) is 1. The quantitative estimate of drug-likeness (QED) is 0.736. The topological polar surface area (TPSA) is 29.5 Å². The van der Waals surface area contributed by atoms with Gasteiger partial charge in [0.05, 0.1) is 6.61 Å². The summed E-state index contributed by atoms with van der Waals surface area (Å²) < 4.78 is 5.64. The Morgan fingerprint density at radius 1 is 0.950 bits per heavy atom. The van der Waals surface area contributed by atoms with Crippen molar-refractivity contribution < 1.29 is 9.84 Å². The zero-order valence-electron chi connectivity index (χ0n) is 12.0. The van der Waals surface area contributed by atoms with Gasteiger partial charge in [-0.3, -0.25) is 0 Å². The lowest BCUT2D eigenvalue weighted by Crippen LogP contribution is -1.99. The van der Waals surface area contributed by atoms with Crippen LogP contribution < -0.4 is 4.74 Å². The fourth-order valence-corrected chi connectivity index (χ4v) is 2.23. The van der Waals surface area contributed by atoms with Crippen molar-refractivity contribution in [3.8, 4) is 11.5 Å². The van der Waals surface area contributed by atoms with Gasteiger partial charge in [-0.2, -0.15) is 0 Å². The predicted molar refractivity (Wildman–Crippen MR) is 82.3 cm³/mol. The summed E-state index contributed by atoms with van der Waals surface area (Å²) in [4.78, 5) is 0. The Labute approximate surface area is 121 Å². The van der Waals surface area contributed by atoms with Crippen molar-refractivity contribution in [2.45, 2.75) is 32.1 Å². The van der Waals surface area contributed by atoms with E-state index in [0.717, 1.165) is 25.2 Å². The van der Waals surface area contributed by atoms with Gasteiger partial charge in [0, 0.05) is 0 Å². The third kappa shape index (κ3) is 4.61. The van der Waals surface area contributed by atoms with Crippen LogP contribution in [0.15, 0.2) is 54.6 Å². The monoisotopic (exact) mass is 270 g/mol. The molecular weight excluding hydrogens is 248 g/mol. The van der Waals surface area contributed by atoms with Crippen LogP contribution in [0.4, 0.5) is 0 Å². The molecule has 2 rings (SSSR count). The van der Waals surface area contributed by atoms with Crippen LogP contribution in [0.3, 0.4) is 0 Å². The van der Waals surface area contributed by atoms with Gasteiger partial charge in [-0.05, 0) is 55.0 Å². The van der Waals surface area contributed by atoms with Crippen LogP contribution >= 0.6 is 0 Å². The minimum Gasteiger partial charge on any atom is -0.508 e. The molecule has 1 atom stereocenters. The Hall–Kier alpha value is -1.96. The molecule has 2 aromatic rings. The Kier molecular flexibility index (Phi) is 5.48. The standard InChI is InChI=1S/C18H22O2/c1-15(16-8-3-2-4-9-16)7-5-6-14-20-18-12-10-17(19)11-13-18/h2-4,8-13,15,19H,5-7,14H2,1H3. The van der Waals surface area contributed by atoms with E-state index in [1.807, 2.05) is 0 Å². The third-order valence-electron chi connectivity index (χ3n) is 3.51. The molecular formula is C18H22O2. The molecule has 0 aliphatic carbocycles. The lowest BCUT2D eigenvalue weighted by Gasteiger charge is -2.12. The second kappa shape index (κ2) is 7.59. The second-order valence-electron chi connectivity index (χ2n) is 5.15. The first kappa shape index (κ1) is 14.4. The van der Waals surface area contributed by atoms with E-state index in [9.17, 15) is 5.11 Å². The number of unbranched alkanes of at least 4 members (excludes halogenated alkanes) is 1. The van der Waals surface area contributed by atoms with Crippen molar-refractivity contribution in [3.05, 3.63) is 60.2 Å². The predicted octanol–water partition coefficient (Wildman–Crippen LogP) is 4.75. The van der Waals surface area contributed by atoms with Crippen LogP contribution in [0.25, 0.3) is 0 Å². The van der Waals surface area contributed by atoms with Crippen molar-refractivity contribution in [2.24, 2.45) is 0 Å². The summed E-state index contributed by atoms with van der Waals surface area (Å²) >= 11 is 0. The first-order valence-corrected chi connectivity index (χ1v) is 7.22. The van der Waals surface area contributed by atoms with Gasteiger partial charge in [0.1, 0.15) is 11.5 Å². The van der Waals surface area contributed by atoms with Gasteiger partial charge in [0.15, 0.2) is 0 Å². The van der Waals surface area contributed by atoms with E-state index in [2.05, 4.69) is 37.3 Å². The molecule has 0 bridgehead atoms. The van der Waals surface area contributed by atoms with Gasteiger partial charge in [0.25, 0.3) is 0 Å². The number of hydrogen-bond acceptors (Lipinski definition) is 2. The van der Waals surface area contributed by atoms with Crippen LogP contribution in [0.5, 0.6) is 11.5 Å². The van der Waals surface area contributed by atoms with E-state index in [-0.39, 0.29) is 5.75 Å². The molecule has 0 fully saturated rings. The minimum atomic E-state index is 0.272. The highest BCUT2D eigenvalue weighted by Crippen LogP contribution is 2.21. The lowest BCUT2D eigenvalue weighted by molar-refractivity contribution is 0.303. The van der Waals surface area contributed by atoms with Gasteiger partial charge >= 0.3 is 0 Å². The molecule has 106 valence electrons. The first-order valence-electron chi connectivity index (χ1n) is 7.22. The highest BCUT2D eigenvalue weighted by molar-refractivity contribution is 5.30. The molecule has 2 aromatic carbocycles. The van der Waals surface area contributed by atoms with E-state index >= 15 is 0 Å². The van der Waals surface area contributed by atoms with E-state index in [0.29, 0.717) is 5.92 Å². The number of aromatic hydroxyl groups is 1. The van der Waals surface area contributed by atoms with Crippen LogP contribution in [0.1, 0.15) is 37.7 Å². The zero-order chi connectivity index (χ0) is 14.2. The molecule has 0 aliphatic heterocycles. The molecule has 0 saturated heterocycles. The summed E-state index contributed by atoms with van der Waals surface area (Å²) in [5.41, 5.74) is 1.41. The molecule has 0 amide bonds. The average Bonchev–Trinajstić information content (AvgIpc) is 2.49. The normalized spacial score (nSPS) is 12.1. The summed E-state index contributed by atoms with van der Waals surface area (Å²) in [5.74, 6) is 1.69. The van der Waals surface area contributed by atoms with Crippen LogP contribution in [0, 0.1) is 0 Å². The number of benzene rings is 2. The van der Waals surface area contributed by atoms with Crippen LogP contribution in [0.2, 0.25) is 0 Å². The maximum atomic E-state index is 9.18. The van der Waals surface area contributed by atoms with Crippen LogP contribution in [-0.4, -0.2) is 11.7 Å². The molecule has 2 heteroatoms. The lowest BCUT2D eigenvalue weighted by atomic mass is 9.96. The molecule has 0 heterocycles. The molecule has 0 spiro atoms. The van der Waals surface area contributed by atoms with Crippen molar-refractivity contribution in [2.75, 3.05) is 6.61 Å². The Morgan fingerprint density at radius 2 is 1.65 bits per heavy atom. The number of phenols is 1. The number of rotatable bonds is 7. The maximum Gasteiger partial charge on any atom is 0.119 e. The van der Waals surface area contributed by atoms with Crippen molar-refractivity contribution in [1.82, 2.24) is 0 Å². The largest absolute Gasteiger partial charge is 0.508 e. The molecule has 1 unspecified atom stereocenters. The fourth-order valence-electron chi connectivity index (χ4n) is 2.23. The summed E-state index contributed by atoms with van der Waals surface area (Å²) in [5, 5.41) is 9.18. The summed E-state index contributed by atoms with van der Waals surface area (Å²) in [7, 11) is 0. The molecule has 20 heavy (non-hydrogen) atoms. The second-order valence-corrected chi connectivity index (χ2v) is 5.15. The first-order chi connectivity index (χ1) is 9.75. The SMILES string of the molecule is CC(CCCCOc1ccc(O)cc1)c1ccccc1. The Morgan fingerprint density at radius 3 is 2.35 bits per heavy atom. The van der Waals surface area contributed by atoms with E-state index in [4.69, 9.17) is 4.74 Å². The molecule has 0 radical (unpaired) electrons. The molecule has 2 nitrogen and oxygen atoms in total. The number of hydrogen-bond donors (Lipinski definition) is 1. The summed E-state index contributed by atoms with van der Waals surface area (Å²) in [6.45, 7) is 3.00. The fraction of sp³-hybridized carbons (Fsp3) is 0.333. The van der Waals surface area contributed by atoms with Gasteiger partial charge < -0.3 is 9.84 Å². The smallest absolute Gasteiger partial charge is 0.119 e. The number of phenolic OH excluding ortho intramolecular Hbond substituents is 1. The molecule has 0 aliphatic rings. The molecule has 0 aromatic heterocycles. The van der Waals surface area contributed by atoms with Crippen LogP contribution in [-0.2, 0) is 0 Å². The van der Waals surface area contributed by atoms with E-state index in [1.165, 1.54) is 12.0 Å². The van der Waals surface area contributed by atoms with Gasteiger partial charge in [-0.25, -0.2) is 0 Å². The maximum absolute atomic E-state index is 9.18. The highest BCUT2D eigenvalue weighted by atomic mass is 16.5. The zero-order valence-corrected chi connectivity index (χ0v) is 12.0. The van der Waals surface area contributed by atoms with Crippen molar-refractivity contribution >= 4 is 0 Å². The minimum absolute atomic E-state index is 0.272. The van der Waals surface area contributed by atoms with Gasteiger partial charge in [0.2, 0.25) is 0 Å².